The fraction of sp³-hybridized carbons (Fsp3) is 0.473. The molecule has 4 amide bonds. The van der Waals surface area contributed by atoms with Crippen molar-refractivity contribution in [1.29, 1.82) is 0 Å². The van der Waals surface area contributed by atoms with Gasteiger partial charge in [0.05, 0.1) is 35.8 Å². The van der Waals surface area contributed by atoms with Crippen molar-refractivity contribution in [2.24, 2.45) is 11.8 Å². The number of ether oxygens (including phenoxy) is 2. The van der Waals surface area contributed by atoms with Crippen molar-refractivity contribution in [3.63, 3.8) is 0 Å². The summed E-state index contributed by atoms with van der Waals surface area (Å²) in [6.45, 7) is 11.2. The summed E-state index contributed by atoms with van der Waals surface area (Å²) in [5.74, 6) is 2.75. The highest BCUT2D eigenvalue weighted by Gasteiger charge is 2.31. The lowest BCUT2D eigenvalue weighted by atomic mass is 9.76. The number of hydrogen-bond donors (Lipinski definition) is 2. The molecule has 3 aliphatic rings. The number of anilines is 2. The first-order chi connectivity index (χ1) is 33.5. The van der Waals surface area contributed by atoms with Crippen molar-refractivity contribution in [2.45, 2.75) is 129 Å². The van der Waals surface area contributed by atoms with Crippen LogP contribution in [0.1, 0.15) is 142 Å². The van der Waals surface area contributed by atoms with Crippen LogP contribution >= 0.6 is 22.9 Å². The smallest absolute Gasteiger partial charge is 0.328 e. The van der Waals surface area contributed by atoms with Crippen molar-refractivity contribution in [2.75, 3.05) is 37.0 Å². The van der Waals surface area contributed by atoms with Gasteiger partial charge in [0.1, 0.15) is 28.8 Å². The van der Waals surface area contributed by atoms with Gasteiger partial charge in [0.25, 0.3) is 5.91 Å². The Bertz CT molecular complexity index is 2750. The molecule has 4 heterocycles. The summed E-state index contributed by atoms with van der Waals surface area (Å²) in [6, 6.07) is 18.8. The van der Waals surface area contributed by atoms with Gasteiger partial charge in [0.15, 0.2) is 0 Å². The fourth-order valence-electron chi connectivity index (χ4n) is 10.3. The average molecular weight is 990 g/mol. The molecule has 5 aromatic rings. The van der Waals surface area contributed by atoms with E-state index in [9.17, 15) is 24.0 Å². The molecule has 15 heteroatoms. The Morgan fingerprint density at radius 3 is 2.43 bits per heavy atom. The van der Waals surface area contributed by atoms with E-state index in [4.69, 9.17) is 31.0 Å². The number of carbonyl (C=O) groups excluding carboxylic acids is 5. The maximum absolute atomic E-state index is 13.5. The normalized spacial score (nSPS) is 18.4. The Kier molecular flexibility index (Phi) is 15.9. The number of methoxy groups -OCH3 is 1. The van der Waals surface area contributed by atoms with Crippen LogP contribution in [0.3, 0.4) is 0 Å². The summed E-state index contributed by atoms with van der Waals surface area (Å²) in [6.07, 6.45) is 9.20. The Balaban J connectivity index is 0.818. The highest BCUT2D eigenvalue weighted by Crippen LogP contribution is 2.43. The lowest BCUT2D eigenvalue weighted by molar-refractivity contribution is -0.153. The van der Waals surface area contributed by atoms with Crippen molar-refractivity contribution in [1.82, 2.24) is 20.2 Å². The van der Waals surface area contributed by atoms with Gasteiger partial charge >= 0.3 is 12.0 Å². The average Bonchev–Trinajstić information content (AvgIpc) is 3.83. The van der Waals surface area contributed by atoms with Crippen LogP contribution in [0.5, 0.6) is 5.75 Å². The first-order valence-electron chi connectivity index (χ1n) is 24.8. The number of urea groups is 1. The first-order valence-corrected chi connectivity index (χ1v) is 26.0. The van der Waals surface area contributed by atoms with E-state index in [0.717, 1.165) is 107 Å². The van der Waals surface area contributed by atoms with Crippen molar-refractivity contribution >= 4 is 74.9 Å². The Hall–Kier alpha value is -5.86. The van der Waals surface area contributed by atoms with Crippen molar-refractivity contribution in [3.05, 3.63) is 98.5 Å². The number of rotatable bonds is 16. The zero-order chi connectivity index (χ0) is 49.7. The van der Waals surface area contributed by atoms with Gasteiger partial charge in [-0.1, -0.05) is 48.7 Å². The van der Waals surface area contributed by atoms with Crippen molar-refractivity contribution in [3.8, 4) is 16.9 Å². The summed E-state index contributed by atoms with van der Waals surface area (Å²) in [7, 11) is 1.71. The number of nitrogens with zero attached hydrogens (tertiary/aromatic N) is 4. The third-order valence-corrected chi connectivity index (χ3v) is 15.4. The van der Waals surface area contributed by atoms with Crippen molar-refractivity contribution < 1.29 is 33.4 Å². The van der Waals surface area contributed by atoms with Crippen LogP contribution in [0.4, 0.5) is 16.3 Å². The third kappa shape index (κ3) is 12.2. The van der Waals surface area contributed by atoms with Gasteiger partial charge in [-0.3, -0.25) is 29.4 Å². The van der Waals surface area contributed by atoms with E-state index in [-0.39, 0.29) is 55.0 Å². The second kappa shape index (κ2) is 22.1. The zero-order valence-corrected chi connectivity index (χ0v) is 42.8. The largest absolute Gasteiger partial charge is 0.496 e. The molecule has 2 saturated heterocycles. The number of Topliss-reactive ketones (excluding diaryl/α,β-unsaturated/α-hetero) is 1. The second-order valence-corrected chi connectivity index (χ2v) is 21.5. The van der Waals surface area contributed by atoms with Crippen LogP contribution in [0.25, 0.3) is 22.0 Å². The Morgan fingerprint density at radius 1 is 0.943 bits per heavy atom. The molecule has 3 aromatic carbocycles. The van der Waals surface area contributed by atoms with Gasteiger partial charge in [-0.25, -0.2) is 14.8 Å². The van der Waals surface area contributed by atoms with E-state index in [0.29, 0.717) is 53.3 Å². The number of hydrogen-bond acceptors (Lipinski definition) is 11. The highest BCUT2D eigenvalue weighted by molar-refractivity contribution is 7.10. The molecular weight excluding hydrogens is 924 g/mol. The summed E-state index contributed by atoms with van der Waals surface area (Å²) in [5, 5.41) is 9.43. The second-order valence-electron chi connectivity index (χ2n) is 20.2. The van der Waals surface area contributed by atoms with Crippen LogP contribution in [0.2, 0.25) is 5.02 Å². The number of imide groups is 1. The summed E-state index contributed by atoms with van der Waals surface area (Å²) >= 11 is 8.09. The number of ketones is 1. The van der Waals surface area contributed by atoms with Crippen LogP contribution in [-0.4, -0.2) is 76.8 Å². The minimum Gasteiger partial charge on any atom is -0.496 e. The summed E-state index contributed by atoms with van der Waals surface area (Å²) < 4.78 is 11.6. The number of benzene rings is 3. The van der Waals surface area contributed by atoms with E-state index in [1.54, 1.807) is 36.6 Å². The van der Waals surface area contributed by atoms with E-state index in [1.165, 1.54) is 4.90 Å². The number of likely N-dealkylation sites (tertiary alicyclic amines) is 1. The molecule has 370 valence electrons. The van der Waals surface area contributed by atoms with Gasteiger partial charge < -0.3 is 19.7 Å². The molecule has 1 saturated carbocycles. The standard InChI is InChI=1S/C55H65ClN6O7S/c1-33(49-28-40(32-70-49)41-13-9-8-12-38(41)29-51(65)69-55(3,4)5)57-52-43-30-42(48(68-6)31-45(43)58-34(2)59-52)36-15-17-37(18-16-36)47(63)14-10-7-11-35-21-24-61(25-22-35)53(66)39-19-20-44(56)46(27-39)62-26-23-50(64)60-54(62)67/h8-9,12-13,19-20,27-28,30-33,35-37H,7,10-11,14-18,21-26,29H2,1-6H3,(H,57,58,59)(H,60,64,67)/t33-,36?,37?/m1/s1. The molecule has 0 unspecified atom stereocenters. The maximum Gasteiger partial charge on any atom is 0.328 e. The molecule has 1 atom stereocenters. The van der Waals surface area contributed by atoms with E-state index < -0.39 is 11.6 Å². The molecule has 0 spiro atoms. The third-order valence-electron chi connectivity index (χ3n) is 14.0. The number of halogens is 1. The first kappa shape index (κ1) is 50.5. The van der Waals surface area contributed by atoms with Gasteiger partial charge in [-0.15, -0.1) is 11.3 Å². The van der Waals surface area contributed by atoms with E-state index >= 15 is 0 Å². The number of piperidine rings is 1. The summed E-state index contributed by atoms with van der Waals surface area (Å²) in [4.78, 5) is 78.0. The topological polar surface area (TPSA) is 160 Å². The van der Waals surface area contributed by atoms with Crippen LogP contribution < -0.4 is 20.3 Å². The predicted octanol–water partition coefficient (Wildman–Crippen LogP) is 11.8. The van der Waals surface area contributed by atoms with Crippen LogP contribution in [0, 0.1) is 18.8 Å². The molecule has 2 N–H and O–H groups in total. The molecule has 2 aliphatic heterocycles. The van der Waals surface area contributed by atoms with Gasteiger partial charge in [0.2, 0.25) is 5.91 Å². The van der Waals surface area contributed by atoms with Crippen LogP contribution in [-0.2, 0) is 25.5 Å². The number of unbranched alkanes of at least 4 members (excludes halogenated alkanes) is 1. The van der Waals surface area contributed by atoms with Gasteiger partial charge in [-0.05, 0) is 149 Å². The predicted molar refractivity (Wildman–Crippen MR) is 276 cm³/mol. The molecule has 1 aliphatic carbocycles. The molecule has 2 aromatic heterocycles. The minimum absolute atomic E-state index is 0.0604. The zero-order valence-electron chi connectivity index (χ0n) is 41.2. The number of carbonyl (C=O) groups is 5. The van der Waals surface area contributed by atoms with Gasteiger partial charge in [-0.2, -0.15) is 0 Å². The van der Waals surface area contributed by atoms with Crippen LogP contribution in [0.15, 0.2) is 66.0 Å². The maximum atomic E-state index is 13.5. The monoisotopic (exact) mass is 988 g/mol. The number of thiophene rings is 1. The summed E-state index contributed by atoms with van der Waals surface area (Å²) in [5.41, 5.74) is 5.27. The fourth-order valence-corrected chi connectivity index (χ4v) is 11.4. The lowest BCUT2D eigenvalue weighted by Gasteiger charge is -2.33. The molecule has 8 rings (SSSR count). The quantitative estimate of drug-likeness (QED) is 0.0719. The number of amides is 4. The minimum atomic E-state index is -0.548. The molecule has 0 bridgehead atoms. The van der Waals surface area contributed by atoms with Gasteiger partial charge in [0, 0.05) is 60.3 Å². The molecular formula is C55H65ClN6O7S. The number of aryl methyl sites for hydroxylation is 1. The molecule has 70 heavy (non-hydrogen) atoms. The Morgan fingerprint density at radius 2 is 1.70 bits per heavy atom. The Labute approximate surface area is 420 Å². The van der Waals surface area contributed by atoms with E-state index in [2.05, 4.69) is 41.1 Å². The molecule has 0 radical (unpaired) electrons. The number of aromatic nitrogens is 2. The lowest BCUT2D eigenvalue weighted by Crippen LogP contribution is -2.49. The molecule has 13 nitrogen and oxygen atoms in total. The van der Waals surface area contributed by atoms with E-state index in [1.807, 2.05) is 56.9 Å². The molecule has 3 fully saturated rings. The highest BCUT2D eigenvalue weighted by atomic mass is 35.5. The number of nitrogens with one attached hydrogen (secondary N) is 2. The SMILES string of the molecule is COc1cc2nc(C)nc(N[C@H](C)c3cc(-c4ccccc4CC(=O)OC(C)(C)C)cs3)c2cc1C1CCC(C(=O)CCCCC2CCN(C(=O)c3ccc(Cl)c(N4CCC(=O)NC4=O)c3)CC2)CC1. The number of fused-ring (bicyclic) bond motifs is 1. The number of esters is 1.